The van der Waals surface area contributed by atoms with Gasteiger partial charge in [-0.25, -0.2) is 0 Å². The van der Waals surface area contributed by atoms with E-state index in [0.29, 0.717) is 0 Å². The van der Waals surface area contributed by atoms with Crippen molar-refractivity contribution < 1.29 is 8.83 Å². The van der Waals surface area contributed by atoms with Gasteiger partial charge in [-0.2, -0.15) is 0 Å². The third kappa shape index (κ3) is 9.15. The number of nitrogens with zero attached hydrogens (tertiary/aromatic N) is 2. The molecule has 0 spiro atoms. The van der Waals surface area contributed by atoms with Gasteiger partial charge in [-0.1, -0.05) is 328 Å². The van der Waals surface area contributed by atoms with E-state index in [9.17, 15) is 0 Å². The molecule has 0 bridgehead atoms. The molecule has 2 heterocycles. The molecular formula is C96H60N2O2. The van der Waals surface area contributed by atoms with Gasteiger partial charge in [-0.05, 0) is 113 Å². The van der Waals surface area contributed by atoms with Crippen LogP contribution in [0.2, 0.25) is 0 Å². The molecule has 0 aliphatic heterocycles. The lowest BCUT2D eigenvalue weighted by Crippen LogP contribution is -2.14. The predicted molar refractivity (Wildman–Crippen MR) is 422 cm³/mol. The van der Waals surface area contributed by atoms with E-state index in [4.69, 9.17) is 8.83 Å². The fourth-order valence-corrected chi connectivity index (χ4v) is 16.0. The minimum Gasteiger partial charge on any atom is -0.453 e. The largest absolute Gasteiger partial charge is 0.453 e. The van der Waals surface area contributed by atoms with Crippen molar-refractivity contribution in [2.45, 2.75) is 0 Å². The zero-order chi connectivity index (χ0) is 65.8. The second kappa shape index (κ2) is 23.2. The normalized spacial score (nSPS) is 11.8. The maximum absolute atomic E-state index is 7.52. The van der Waals surface area contributed by atoms with Crippen LogP contribution in [0.25, 0.3) is 165 Å². The van der Waals surface area contributed by atoms with Gasteiger partial charge in [0.15, 0.2) is 11.2 Å². The molecule has 0 N–H and O–H groups in total. The first kappa shape index (κ1) is 57.0. The van der Waals surface area contributed by atoms with E-state index in [-0.39, 0.29) is 0 Å². The summed E-state index contributed by atoms with van der Waals surface area (Å²) in [7, 11) is 0. The highest BCUT2D eigenvalue weighted by Crippen LogP contribution is 2.56. The van der Waals surface area contributed by atoms with Crippen molar-refractivity contribution in [3.63, 3.8) is 0 Å². The topological polar surface area (TPSA) is 32.8 Å². The molecule has 0 saturated heterocycles. The number of anilines is 6. The van der Waals surface area contributed by atoms with E-state index >= 15 is 0 Å². The minimum atomic E-state index is 0.801. The molecule has 20 rings (SSSR count). The van der Waals surface area contributed by atoms with Gasteiger partial charge >= 0.3 is 0 Å². The lowest BCUT2D eigenvalue weighted by Gasteiger charge is -2.32. The zero-order valence-electron chi connectivity index (χ0n) is 54.4. The molecule has 20 aromatic rings. The van der Waals surface area contributed by atoms with Crippen molar-refractivity contribution in [3.8, 4) is 66.8 Å². The van der Waals surface area contributed by atoms with Gasteiger partial charge < -0.3 is 18.6 Å². The standard InChI is InChI=1S/C96H60N2O2/c1-7-23-61(24-8-1)71-45-43-67-47-53-73(63-27-11-3-12-28-63)91(83(67)59-71)97(87-41-21-39-79-77-37-19-35-75(93(77)99-95(79)87)65-31-15-5-16-32-65)85-57-51-69-50-56-82-86(58-52-70-49-55-81(85)89(69)90(70)82)98(88-42-22-40-80-78-38-20-36-76(94(78)100-96(80)88)66-33-17-6-18-34-66)92-74(64-29-13-4-14-30-64)54-48-68-44-46-72(60-84(68)92)62-25-9-2-10-26-62/h1-60H. The van der Waals surface area contributed by atoms with Crippen LogP contribution < -0.4 is 9.80 Å². The Kier molecular flexibility index (Phi) is 13.2. The van der Waals surface area contributed by atoms with Crippen LogP contribution in [0.5, 0.6) is 0 Å². The first-order valence-corrected chi connectivity index (χ1v) is 34.3. The molecule has 0 atom stereocenters. The second-order valence-electron chi connectivity index (χ2n) is 26.1. The molecule has 0 saturated carbocycles. The van der Waals surface area contributed by atoms with E-state index < -0.39 is 0 Å². The van der Waals surface area contributed by atoms with Crippen LogP contribution in [-0.2, 0) is 0 Å². The SMILES string of the molecule is c1ccc(-c2ccc3ccc(-c4ccccc4)c(N(c4ccc5ccc6c(N(c7c(-c8ccccc8)ccc8ccc(-c9ccccc9)cc78)c7cccc8c7oc7c(-c9ccccc9)cccc78)ccc7ccc4c5c76)c4cccc5c4oc4c(-c6ccccc6)cccc45)c3c2)cc1. The lowest BCUT2D eigenvalue weighted by molar-refractivity contribution is 0.670. The molecule has 0 aliphatic rings. The molecule has 18 aromatic carbocycles. The third-order valence-electron chi connectivity index (χ3n) is 20.6. The van der Waals surface area contributed by atoms with Crippen molar-refractivity contribution in [1.29, 1.82) is 0 Å². The van der Waals surface area contributed by atoms with Crippen molar-refractivity contribution in [2.24, 2.45) is 0 Å². The van der Waals surface area contributed by atoms with Crippen LogP contribution in [0.1, 0.15) is 0 Å². The fourth-order valence-electron chi connectivity index (χ4n) is 16.0. The molecule has 0 radical (unpaired) electrons. The van der Waals surface area contributed by atoms with Crippen molar-refractivity contribution in [3.05, 3.63) is 364 Å². The number of hydrogen-bond acceptors (Lipinski definition) is 4. The predicted octanol–water partition coefficient (Wildman–Crippen LogP) is 27.6. The van der Waals surface area contributed by atoms with E-state index in [1.165, 1.54) is 0 Å². The Balaban J connectivity index is 0.901. The van der Waals surface area contributed by atoms with Crippen LogP contribution in [0, 0.1) is 0 Å². The summed E-state index contributed by atoms with van der Waals surface area (Å²) in [5, 5.41) is 15.5. The monoisotopic (exact) mass is 1270 g/mol. The molecular weight excluding hydrogens is 1210 g/mol. The first-order valence-electron chi connectivity index (χ1n) is 34.3. The molecule has 2 aromatic heterocycles. The Bertz CT molecular complexity index is 6150. The van der Waals surface area contributed by atoms with Gasteiger partial charge in [-0.3, -0.25) is 0 Å². The number of benzene rings is 18. The Labute approximate surface area is 577 Å². The average Bonchev–Trinajstić information content (AvgIpc) is 0.971. The smallest absolute Gasteiger partial charge is 0.159 e. The summed E-state index contributed by atoms with van der Waals surface area (Å²) < 4.78 is 15.0. The number of rotatable bonds is 12. The van der Waals surface area contributed by atoms with Crippen LogP contribution >= 0.6 is 0 Å². The summed E-state index contributed by atoms with van der Waals surface area (Å²) in [4.78, 5) is 5.06. The van der Waals surface area contributed by atoms with Gasteiger partial charge in [0.25, 0.3) is 0 Å². The Hall–Kier alpha value is -13.3. The van der Waals surface area contributed by atoms with Crippen LogP contribution in [0.4, 0.5) is 34.1 Å². The summed E-state index contributed by atoms with van der Waals surface area (Å²) in [6.45, 7) is 0. The maximum Gasteiger partial charge on any atom is 0.159 e. The molecule has 0 unspecified atom stereocenters. The number of para-hydroxylation sites is 4. The van der Waals surface area contributed by atoms with Crippen molar-refractivity contribution in [2.75, 3.05) is 9.80 Å². The van der Waals surface area contributed by atoms with E-state index in [1.807, 2.05) is 0 Å². The molecule has 0 aliphatic carbocycles. The average molecular weight is 1270 g/mol. The van der Waals surface area contributed by atoms with E-state index in [0.717, 1.165) is 199 Å². The lowest BCUT2D eigenvalue weighted by atomic mass is 9.90. The van der Waals surface area contributed by atoms with Crippen LogP contribution in [-0.4, -0.2) is 0 Å². The highest BCUT2D eigenvalue weighted by molar-refractivity contribution is 6.30. The molecule has 100 heavy (non-hydrogen) atoms. The van der Waals surface area contributed by atoms with Gasteiger partial charge in [0.2, 0.25) is 0 Å². The van der Waals surface area contributed by atoms with E-state index in [1.54, 1.807) is 0 Å². The molecule has 0 fully saturated rings. The Morgan fingerprint density at radius 1 is 0.170 bits per heavy atom. The molecule has 0 amide bonds. The van der Waals surface area contributed by atoms with Gasteiger partial charge in [0.05, 0.1) is 34.1 Å². The van der Waals surface area contributed by atoms with Gasteiger partial charge in [0.1, 0.15) is 11.2 Å². The molecule has 4 nitrogen and oxygen atoms in total. The highest BCUT2D eigenvalue weighted by atomic mass is 16.3. The highest BCUT2D eigenvalue weighted by Gasteiger charge is 2.31. The summed E-state index contributed by atoms with van der Waals surface area (Å²) in [5.41, 5.74) is 22.6. The Morgan fingerprint density at radius 3 is 0.860 bits per heavy atom. The first-order chi connectivity index (χ1) is 49.6. The van der Waals surface area contributed by atoms with Crippen molar-refractivity contribution in [1.82, 2.24) is 0 Å². The van der Waals surface area contributed by atoms with Crippen LogP contribution in [0.3, 0.4) is 0 Å². The number of fused-ring (bicyclic) bond motifs is 8. The van der Waals surface area contributed by atoms with Crippen LogP contribution in [0.15, 0.2) is 373 Å². The zero-order valence-corrected chi connectivity index (χ0v) is 54.4. The fraction of sp³-hybridized carbons (Fsp3) is 0. The quantitative estimate of drug-likeness (QED) is 0.114. The summed E-state index contributed by atoms with van der Waals surface area (Å²) in [6.07, 6.45) is 0. The van der Waals surface area contributed by atoms with Gasteiger partial charge in [0, 0.05) is 65.3 Å². The summed E-state index contributed by atoms with van der Waals surface area (Å²) in [5.74, 6) is 0. The van der Waals surface area contributed by atoms with Crippen molar-refractivity contribution >= 4 is 132 Å². The van der Waals surface area contributed by atoms with Gasteiger partial charge in [-0.15, -0.1) is 0 Å². The molecule has 4 heteroatoms. The summed E-state index contributed by atoms with van der Waals surface area (Å²) in [6, 6.07) is 133. The summed E-state index contributed by atoms with van der Waals surface area (Å²) >= 11 is 0. The van der Waals surface area contributed by atoms with E-state index in [2.05, 4.69) is 374 Å². The molecule has 466 valence electrons. The second-order valence-corrected chi connectivity index (χ2v) is 26.1. The maximum atomic E-state index is 7.52. The minimum absolute atomic E-state index is 0.801. The number of furan rings is 2. The third-order valence-corrected chi connectivity index (χ3v) is 20.6. The number of hydrogen-bond donors (Lipinski definition) is 0. The Morgan fingerprint density at radius 2 is 0.480 bits per heavy atom.